The zero-order chi connectivity index (χ0) is 19.3. The Labute approximate surface area is 143 Å². The number of hydrogen-bond acceptors (Lipinski definition) is 6. The van der Waals surface area contributed by atoms with E-state index in [4.69, 9.17) is 4.42 Å². The molecule has 140 valence electrons. The van der Waals surface area contributed by atoms with Crippen molar-refractivity contribution < 1.29 is 41.8 Å². The predicted octanol–water partition coefficient (Wildman–Crippen LogP) is 1.61. The number of esters is 1. The second-order valence-electron chi connectivity index (χ2n) is 5.12. The van der Waals surface area contributed by atoms with Crippen molar-refractivity contribution in [3.8, 4) is 5.75 Å². The number of amides is 3. The fourth-order valence-electron chi connectivity index (χ4n) is 1.95. The van der Waals surface area contributed by atoms with E-state index in [0.29, 0.717) is 16.5 Å². The number of phenolic OH excluding ortho intramolecular Hbond substituents is 1. The molecule has 0 aliphatic heterocycles. The van der Waals surface area contributed by atoms with Crippen LogP contribution in [0.2, 0.25) is 0 Å². The Morgan fingerprint density at radius 1 is 1.23 bits per heavy atom. The van der Waals surface area contributed by atoms with Gasteiger partial charge in [0, 0.05) is 17.0 Å². The van der Waals surface area contributed by atoms with Crippen LogP contribution in [0.15, 0.2) is 28.9 Å². The molecule has 1 heterocycles. The van der Waals surface area contributed by atoms with E-state index in [1.807, 2.05) is 0 Å². The van der Waals surface area contributed by atoms with Crippen molar-refractivity contribution in [1.29, 1.82) is 0 Å². The summed E-state index contributed by atoms with van der Waals surface area (Å²) in [5.74, 6) is -1.91. The molecule has 3 amide bonds. The Kier molecular flexibility index (Phi) is 5.70. The second kappa shape index (κ2) is 7.76. The SMILES string of the molecule is O=C(COC(=O)Cc1coc2cc(O)ccc12)NC(=O)NCC(F)(F)F. The highest BCUT2D eigenvalue weighted by molar-refractivity contribution is 5.95. The highest BCUT2D eigenvalue weighted by atomic mass is 19.4. The third kappa shape index (κ3) is 5.69. The van der Waals surface area contributed by atoms with Gasteiger partial charge in [-0.3, -0.25) is 14.9 Å². The Bertz CT molecular complexity index is 830. The molecule has 1 aromatic carbocycles. The van der Waals surface area contributed by atoms with Crippen LogP contribution in [0.3, 0.4) is 0 Å². The van der Waals surface area contributed by atoms with Crippen LogP contribution in [0.5, 0.6) is 5.75 Å². The molecule has 0 saturated carbocycles. The van der Waals surface area contributed by atoms with Crippen molar-refractivity contribution in [3.63, 3.8) is 0 Å². The van der Waals surface area contributed by atoms with Crippen LogP contribution < -0.4 is 10.6 Å². The predicted molar refractivity (Wildman–Crippen MR) is 80.1 cm³/mol. The lowest BCUT2D eigenvalue weighted by atomic mass is 10.1. The van der Waals surface area contributed by atoms with E-state index in [-0.39, 0.29) is 12.2 Å². The van der Waals surface area contributed by atoms with E-state index in [1.165, 1.54) is 29.8 Å². The first-order valence-electron chi connectivity index (χ1n) is 7.13. The summed E-state index contributed by atoms with van der Waals surface area (Å²) in [5.41, 5.74) is 0.806. The molecule has 0 radical (unpaired) electrons. The number of urea groups is 1. The molecular weight excluding hydrogens is 361 g/mol. The minimum absolute atomic E-state index is 0.0125. The van der Waals surface area contributed by atoms with Crippen LogP contribution in [0.1, 0.15) is 5.56 Å². The summed E-state index contributed by atoms with van der Waals surface area (Å²) in [6, 6.07) is 2.94. The second-order valence-corrected chi connectivity index (χ2v) is 5.12. The number of furan rings is 1. The number of rotatable bonds is 5. The molecule has 0 bridgehead atoms. The Hall–Kier alpha value is -3.24. The van der Waals surface area contributed by atoms with Crippen LogP contribution >= 0.6 is 0 Å². The van der Waals surface area contributed by atoms with Gasteiger partial charge in [0.25, 0.3) is 5.91 Å². The van der Waals surface area contributed by atoms with Gasteiger partial charge in [-0.1, -0.05) is 0 Å². The number of alkyl halides is 3. The maximum atomic E-state index is 11.9. The third-order valence-corrected chi connectivity index (χ3v) is 3.04. The van der Waals surface area contributed by atoms with Crippen LogP contribution in [0.25, 0.3) is 11.0 Å². The molecule has 2 aromatic rings. The Morgan fingerprint density at radius 2 is 1.96 bits per heavy atom. The number of nitrogens with one attached hydrogen (secondary N) is 2. The molecule has 2 rings (SSSR count). The summed E-state index contributed by atoms with van der Waals surface area (Å²) in [7, 11) is 0. The highest BCUT2D eigenvalue weighted by Gasteiger charge is 2.28. The normalized spacial score (nSPS) is 11.2. The molecule has 11 heteroatoms. The summed E-state index contributed by atoms with van der Waals surface area (Å²) >= 11 is 0. The van der Waals surface area contributed by atoms with Gasteiger partial charge in [-0.15, -0.1) is 0 Å². The number of imide groups is 1. The zero-order valence-electron chi connectivity index (χ0n) is 13.1. The number of hydrogen-bond donors (Lipinski definition) is 3. The van der Waals surface area contributed by atoms with Gasteiger partial charge in [-0.2, -0.15) is 13.2 Å². The summed E-state index contributed by atoms with van der Waals surface area (Å²) in [4.78, 5) is 34.1. The quantitative estimate of drug-likeness (QED) is 0.685. The van der Waals surface area contributed by atoms with E-state index in [1.54, 1.807) is 5.32 Å². The summed E-state index contributed by atoms with van der Waals surface area (Å²) in [6.45, 7) is -2.44. The van der Waals surface area contributed by atoms with Crippen molar-refractivity contribution in [1.82, 2.24) is 10.6 Å². The average molecular weight is 374 g/mol. The average Bonchev–Trinajstić information content (AvgIpc) is 2.92. The molecule has 0 aliphatic rings. The van der Waals surface area contributed by atoms with E-state index >= 15 is 0 Å². The first kappa shape index (κ1) is 19.1. The van der Waals surface area contributed by atoms with Crippen molar-refractivity contribution >= 4 is 28.9 Å². The van der Waals surface area contributed by atoms with Gasteiger partial charge in [-0.25, -0.2) is 4.79 Å². The number of carbonyl (C=O) groups excluding carboxylic acids is 3. The molecule has 1 aromatic heterocycles. The number of fused-ring (bicyclic) bond motifs is 1. The third-order valence-electron chi connectivity index (χ3n) is 3.04. The topological polar surface area (TPSA) is 118 Å². The van der Waals surface area contributed by atoms with E-state index < -0.39 is 37.2 Å². The maximum Gasteiger partial charge on any atom is 0.405 e. The fraction of sp³-hybridized carbons (Fsp3) is 0.267. The van der Waals surface area contributed by atoms with Gasteiger partial charge in [-0.05, 0) is 12.1 Å². The lowest BCUT2D eigenvalue weighted by molar-refractivity contribution is -0.147. The van der Waals surface area contributed by atoms with Crippen LogP contribution in [-0.2, 0) is 20.7 Å². The number of halogens is 3. The van der Waals surface area contributed by atoms with Gasteiger partial charge in [0.1, 0.15) is 17.9 Å². The molecular formula is C15H13F3N2O6. The number of carbonyl (C=O) groups is 3. The minimum Gasteiger partial charge on any atom is -0.508 e. The van der Waals surface area contributed by atoms with Crippen molar-refractivity contribution in [2.24, 2.45) is 0 Å². The van der Waals surface area contributed by atoms with Crippen LogP contribution in [0.4, 0.5) is 18.0 Å². The molecule has 0 aliphatic carbocycles. The fourth-order valence-corrected chi connectivity index (χ4v) is 1.95. The Morgan fingerprint density at radius 3 is 2.65 bits per heavy atom. The first-order valence-corrected chi connectivity index (χ1v) is 7.13. The lowest BCUT2D eigenvalue weighted by Gasteiger charge is -2.09. The zero-order valence-corrected chi connectivity index (χ0v) is 13.1. The van der Waals surface area contributed by atoms with Crippen molar-refractivity contribution in [2.45, 2.75) is 12.6 Å². The van der Waals surface area contributed by atoms with Crippen molar-refractivity contribution in [3.05, 3.63) is 30.0 Å². The van der Waals surface area contributed by atoms with Crippen molar-refractivity contribution in [2.75, 3.05) is 13.2 Å². The molecule has 3 N–H and O–H groups in total. The largest absolute Gasteiger partial charge is 0.508 e. The van der Waals surface area contributed by atoms with Gasteiger partial charge in [0.2, 0.25) is 0 Å². The lowest BCUT2D eigenvalue weighted by Crippen LogP contribution is -2.44. The summed E-state index contributed by atoms with van der Waals surface area (Å²) in [6.07, 6.45) is -3.57. The first-order chi connectivity index (χ1) is 12.1. The molecule has 0 saturated heterocycles. The highest BCUT2D eigenvalue weighted by Crippen LogP contribution is 2.25. The summed E-state index contributed by atoms with van der Waals surface area (Å²) in [5, 5.41) is 12.9. The van der Waals surface area contributed by atoms with Gasteiger partial charge in [0.15, 0.2) is 6.61 Å². The van der Waals surface area contributed by atoms with Crippen LogP contribution in [0, 0.1) is 0 Å². The monoisotopic (exact) mass is 374 g/mol. The van der Waals surface area contributed by atoms with E-state index in [0.717, 1.165) is 0 Å². The minimum atomic E-state index is -4.61. The van der Waals surface area contributed by atoms with Crippen LogP contribution in [-0.4, -0.2) is 42.3 Å². The molecule has 0 fully saturated rings. The molecule has 0 unspecified atom stereocenters. The molecule has 26 heavy (non-hydrogen) atoms. The number of benzene rings is 1. The number of aromatic hydroxyl groups is 1. The standard InChI is InChI=1S/C15H13F3N2O6/c16-15(17,18)7-19-14(24)20-12(22)6-26-13(23)3-8-5-25-11-4-9(21)1-2-10(8)11/h1-2,4-5,21H,3,6-7H2,(H2,19,20,22,24). The van der Waals surface area contributed by atoms with E-state index in [2.05, 4.69) is 4.74 Å². The van der Waals surface area contributed by atoms with Gasteiger partial charge < -0.3 is 19.6 Å². The summed E-state index contributed by atoms with van der Waals surface area (Å²) < 4.78 is 45.5. The molecule has 0 atom stereocenters. The molecule has 8 nitrogen and oxygen atoms in total. The number of ether oxygens (including phenoxy) is 1. The Balaban J connectivity index is 1.79. The van der Waals surface area contributed by atoms with Gasteiger partial charge >= 0.3 is 18.2 Å². The smallest absolute Gasteiger partial charge is 0.405 e. The van der Waals surface area contributed by atoms with Gasteiger partial charge in [0.05, 0.1) is 12.7 Å². The number of phenols is 1. The van der Waals surface area contributed by atoms with E-state index in [9.17, 15) is 32.7 Å². The maximum absolute atomic E-state index is 11.9. The molecule has 0 spiro atoms.